The molecular formula is C19H21N5O2S. The summed E-state index contributed by atoms with van der Waals surface area (Å²) in [6, 6.07) is 9.72. The van der Waals surface area contributed by atoms with Crippen LogP contribution in [0.2, 0.25) is 0 Å². The zero-order chi connectivity index (χ0) is 18.6. The number of aromatic nitrogens is 3. The van der Waals surface area contributed by atoms with Gasteiger partial charge in [0, 0.05) is 13.1 Å². The van der Waals surface area contributed by atoms with Gasteiger partial charge < -0.3 is 15.0 Å². The summed E-state index contributed by atoms with van der Waals surface area (Å²) in [7, 11) is 0. The number of fused-ring (bicyclic) bond motifs is 1. The average molecular weight is 383 g/mol. The minimum absolute atomic E-state index is 0.0338. The molecule has 0 aliphatic carbocycles. The SMILES string of the molecule is CCOc1cnc2nc(N3CCC[C@@H]3C(=O)NCc3ccccc3)sc2n1. The Kier molecular flexibility index (Phi) is 5.15. The lowest BCUT2D eigenvalue weighted by Crippen LogP contribution is -2.43. The predicted molar refractivity (Wildman–Crippen MR) is 105 cm³/mol. The number of anilines is 1. The highest BCUT2D eigenvalue weighted by Crippen LogP contribution is 2.32. The van der Waals surface area contributed by atoms with Gasteiger partial charge in [0.25, 0.3) is 0 Å². The highest BCUT2D eigenvalue weighted by molar-refractivity contribution is 7.21. The molecule has 1 saturated heterocycles. The van der Waals surface area contributed by atoms with E-state index in [-0.39, 0.29) is 11.9 Å². The number of amides is 1. The molecule has 1 N–H and O–H groups in total. The number of benzene rings is 1. The van der Waals surface area contributed by atoms with Crippen LogP contribution in [0.4, 0.5) is 5.13 Å². The Morgan fingerprint density at radius 2 is 2.19 bits per heavy atom. The molecule has 27 heavy (non-hydrogen) atoms. The van der Waals surface area contributed by atoms with Crippen molar-refractivity contribution in [3.63, 3.8) is 0 Å². The van der Waals surface area contributed by atoms with E-state index in [1.807, 2.05) is 37.3 Å². The zero-order valence-corrected chi connectivity index (χ0v) is 15.9. The maximum atomic E-state index is 12.7. The normalized spacial score (nSPS) is 16.6. The standard InChI is InChI=1S/C19H21N5O2S/c1-2-26-15-12-20-16-18(22-15)27-19(23-16)24-10-6-9-14(24)17(25)21-11-13-7-4-3-5-8-13/h3-5,7-8,12,14H,2,6,9-11H2,1H3,(H,21,25)/t14-/m1/s1. The zero-order valence-electron chi connectivity index (χ0n) is 15.1. The van der Waals surface area contributed by atoms with Gasteiger partial charge in [-0.2, -0.15) is 9.97 Å². The van der Waals surface area contributed by atoms with Crippen LogP contribution in [0.25, 0.3) is 10.5 Å². The Morgan fingerprint density at radius 3 is 3.00 bits per heavy atom. The quantitative estimate of drug-likeness (QED) is 0.705. The Labute approximate surface area is 161 Å². The highest BCUT2D eigenvalue weighted by atomic mass is 32.1. The summed E-state index contributed by atoms with van der Waals surface area (Å²) in [5.41, 5.74) is 1.68. The van der Waals surface area contributed by atoms with Gasteiger partial charge in [-0.25, -0.2) is 4.98 Å². The average Bonchev–Trinajstić information content (AvgIpc) is 3.33. The first-order chi connectivity index (χ1) is 13.2. The number of carbonyl (C=O) groups excluding carboxylic acids is 1. The van der Waals surface area contributed by atoms with Crippen molar-refractivity contribution in [1.29, 1.82) is 0 Å². The first-order valence-corrected chi connectivity index (χ1v) is 9.91. The maximum Gasteiger partial charge on any atom is 0.243 e. The molecule has 8 heteroatoms. The number of rotatable bonds is 6. The number of thiazole rings is 1. The number of nitrogens with zero attached hydrogens (tertiary/aromatic N) is 4. The van der Waals surface area contributed by atoms with Crippen molar-refractivity contribution in [2.75, 3.05) is 18.1 Å². The largest absolute Gasteiger partial charge is 0.477 e. The van der Waals surface area contributed by atoms with E-state index in [0.29, 0.717) is 24.7 Å². The van der Waals surface area contributed by atoms with Crippen LogP contribution in [0, 0.1) is 0 Å². The van der Waals surface area contributed by atoms with Crippen molar-refractivity contribution in [3.05, 3.63) is 42.1 Å². The lowest BCUT2D eigenvalue weighted by molar-refractivity contribution is -0.122. The van der Waals surface area contributed by atoms with Gasteiger partial charge in [0.15, 0.2) is 15.6 Å². The Morgan fingerprint density at radius 1 is 1.33 bits per heavy atom. The first kappa shape index (κ1) is 17.7. The summed E-state index contributed by atoms with van der Waals surface area (Å²) in [6.45, 7) is 3.79. The monoisotopic (exact) mass is 383 g/mol. The molecule has 140 valence electrons. The fourth-order valence-corrected chi connectivity index (χ4v) is 4.17. The highest BCUT2D eigenvalue weighted by Gasteiger charge is 2.32. The third-order valence-electron chi connectivity index (χ3n) is 4.49. The van der Waals surface area contributed by atoms with E-state index in [9.17, 15) is 4.79 Å². The van der Waals surface area contributed by atoms with Gasteiger partial charge in [-0.05, 0) is 25.3 Å². The van der Waals surface area contributed by atoms with Crippen molar-refractivity contribution in [2.45, 2.75) is 32.4 Å². The van der Waals surface area contributed by atoms with E-state index in [0.717, 1.165) is 34.9 Å². The van der Waals surface area contributed by atoms with Crippen LogP contribution in [0.1, 0.15) is 25.3 Å². The van der Waals surface area contributed by atoms with Crippen LogP contribution in [0.3, 0.4) is 0 Å². The third kappa shape index (κ3) is 3.85. The molecule has 0 saturated carbocycles. The number of hydrogen-bond donors (Lipinski definition) is 1. The molecule has 0 radical (unpaired) electrons. The molecule has 1 aliphatic heterocycles. The lowest BCUT2D eigenvalue weighted by Gasteiger charge is -2.23. The summed E-state index contributed by atoms with van der Waals surface area (Å²) in [5.74, 6) is 0.533. The second kappa shape index (κ2) is 7.87. The number of ether oxygens (including phenoxy) is 1. The van der Waals surface area contributed by atoms with Crippen molar-refractivity contribution in [1.82, 2.24) is 20.3 Å². The van der Waals surface area contributed by atoms with Crippen LogP contribution in [-0.2, 0) is 11.3 Å². The smallest absolute Gasteiger partial charge is 0.243 e. The molecule has 3 aromatic rings. The summed E-state index contributed by atoms with van der Waals surface area (Å²) < 4.78 is 5.41. The molecule has 3 heterocycles. The summed E-state index contributed by atoms with van der Waals surface area (Å²) in [4.78, 5) is 28.9. The molecule has 1 aliphatic rings. The molecule has 0 unspecified atom stereocenters. The minimum atomic E-state index is -0.208. The number of hydrogen-bond acceptors (Lipinski definition) is 7. The van der Waals surface area contributed by atoms with E-state index in [2.05, 4.69) is 25.2 Å². The second-order valence-corrected chi connectivity index (χ2v) is 7.28. The molecule has 1 fully saturated rings. The lowest BCUT2D eigenvalue weighted by atomic mass is 10.2. The van der Waals surface area contributed by atoms with Crippen LogP contribution in [0.5, 0.6) is 5.88 Å². The van der Waals surface area contributed by atoms with Crippen molar-refractivity contribution in [2.24, 2.45) is 0 Å². The van der Waals surface area contributed by atoms with E-state index >= 15 is 0 Å². The van der Waals surface area contributed by atoms with Gasteiger partial charge >= 0.3 is 0 Å². The van der Waals surface area contributed by atoms with Gasteiger partial charge in [-0.15, -0.1) is 0 Å². The van der Waals surface area contributed by atoms with E-state index in [1.165, 1.54) is 11.3 Å². The molecule has 1 amide bonds. The van der Waals surface area contributed by atoms with Crippen LogP contribution >= 0.6 is 11.3 Å². The van der Waals surface area contributed by atoms with Crippen LogP contribution < -0.4 is 15.0 Å². The maximum absolute atomic E-state index is 12.7. The van der Waals surface area contributed by atoms with Crippen molar-refractivity contribution < 1.29 is 9.53 Å². The molecule has 1 aromatic carbocycles. The van der Waals surface area contributed by atoms with Crippen molar-refractivity contribution in [3.8, 4) is 5.88 Å². The van der Waals surface area contributed by atoms with E-state index < -0.39 is 0 Å². The first-order valence-electron chi connectivity index (χ1n) is 9.09. The molecule has 1 atom stereocenters. The van der Waals surface area contributed by atoms with Gasteiger partial charge in [-0.1, -0.05) is 41.7 Å². The summed E-state index contributed by atoms with van der Waals surface area (Å²) >= 11 is 1.45. The minimum Gasteiger partial charge on any atom is -0.477 e. The van der Waals surface area contributed by atoms with Gasteiger partial charge in [-0.3, -0.25) is 4.79 Å². The topological polar surface area (TPSA) is 80.2 Å². The molecule has 2 aromatic heterocycles. The predicted octanol–water partition coefficient (Wildman–Crippen LogP) is 2.77. The Bertz CT molecular complexity index is 930. The molecule has 4 rings (SSSR count). The second-order valence-electron chi connectivity index (χ2n) is 6.32. The number of nitrogens with one attached hydrogen (secondary N) is 1. The van der Waals surface area contributed by atoms with Gasteiger partial charge in [0.05, 0.1) is 12.8 Å². The van der Waals surface area contributed by atoms with Gasteiger partial charge in [0.2, 0.25) is 11.8 Å². The number of carbonyl (C=O) groups is 1. The fraction of sp³-hybridized carbons (Fsp3) is 0.368. The Balaban J connectivity index is 1.48. The van der Waals surface area contributed by atoms with Crippen LogP contribution in [-0.4, -0.2) is 40.1 Å². The van der Waals surface area contributed by atoms with E-state index in [1.54, 1.807) is 6.20 Å². The fourth-order valence-electron chi connectivity index (χ4n) is 3.21. The van der Waals surface area contributed by atoms with E-state index in [4.69, 9.17) is 4.74 Å². The molecular weight excluding hydrogens is 362 g/mol. The summed E-state index contributed by atoms with van der Waals surface area (Å²) in [6.07, 6.45) is 3.37. The summed E-state index contributed by atoms with van der Waals surface area (Å²) in [5, 5.41) is 3.83. The van der Waals surface area contributed by atoms with Gasteiger partial charge in [0.1, 0.15) is 6.04 Å². The molecule has 0 bridgehead atoms. The Hall–Kier alpha value is -2.74. The molecule has 0 spiro atoms. The third-order valence-corrected chi connectivity index (χ3v) is 5.47. The molecule has 7 nitrogen and oxygen atoms in total. The van der Waals surface area contributed by atoms with Crippen LogP contribution in [0.15, 0.2) is 36.5 Å². The van der Waals surface area contributed by atoms with Crippen molar-refractivity contribution >= 4 is 32.9 Å².